The zero-order chi connectivity index (χ0) is 26.5. The average molecular weight is 512 g/mol. The quantitative estimate of drug-likeness (QED) is 0.336. The summed E-state index contributed by atoms with van der Waals surface area (Å²) in [6.45, 7) is 5.20. The number of likely N-dealkylation sites (tertiary alicyclic amines) is 1. The number of hydrogen-bond donors (Lipinski definition) is 1. The summed E-state index contributed by atoms with van der Waals surface area (Å²) in [6, 6.07) is 17.0. The van der Waals surface area contributed by atoms with Gasteiger partial charge < -0.3 is 19.5 Å². The second-order valence-corrected chi connectivity index (χ2v) is 9.60. The number of piperidine rings is 1. The van der Waals surface area contributed by atoms with Crippen LogP contribution in [0.4, 0.5) is 0 Å². The van der Waals surface area contributed by atoms with E-state index < -0.39 is 0 Å². The molecule has 2 atom stereocenters. The maximum absolute atomic E-state index is 11.0. The first-order chi connectivity index (χ1) is 18.6. The van der Waals surface area contributed by atoms with Crippen LogP contribution < -0.4 is 9.47 Å². The number of carbonyl (C=O) groups is 1. The molecule has 0 bridgehead atoms. The fourth-order valence-electron chi connectivity index (χ4n) is 5.03. The average Bonchev–Trinajstić information content (AvgIpc) is 3.42. The molecule has 1 aliphatic rings. The summed E-state index contributed by atoms with van der Waals surface area (Å²) >= 11 is 0. The molecule has 4 aromatic rings. The summed E-state index contributed by atoms with van der Waals surface area (Å²) in [5.74, 6) is 0.727. The van der Waals surface area contributed by atoms with Crippen LogP contribution in [-0.4, -0.2) is 63.2 Å². The summed E-state index contributed by atoms with van der Waals surface area (Å²) in [5, 5.41) is 19.1. The normalized spacial score (nSPS) is 16.6. The Hall–Kier alpha value is -4.26. The summed E-state index contributed by atoms with van der Waals surface area (Å²) in [4.78, 5) is 22.8. The van der Waals surface area contributed by atoms with E-state index in [2.05, 4.69) is 16.0 Å². The molecule has 1 saturated heterocycles. The number of benzene rings is 2. The number of aliphatic hydroxyl groups excluding tert-OH is 1. The summed E-state index contributed by atoms with van der Waals surface area (Å²) in [5.41, 5.74) is 4.18. The van der Waals surface area contributed by atoms with Gasteiger partial charge >= 0.3 is 6.01 Å². The van der Waals surface area contributed by atoms with Gasteiger partial charge in [0, 0.05) is 37.0 Å². The summed E-state index contributed by atoms with van der Waals surface area (Å²) in [6.07, 6.45) is 5.26. The number of ether oxygens (including phenoxy) is 2. The smallest absolute Gasteiger partial charge is 0.302 e. The van der Waals surface area contributed by atoms with Crippen LogP contribution in [0.25, 0.3) is 28.0 Å². The van der Waals surface area contributed by atoms with Crippen LogP contribution >= 0.6 is 0 Å². The van der Waals surface area contributed by atoms with E-state index in [1.165, 1.54) is 0 Å². The van der Waals surface area contributed by atoms with Gasteiger partial charge in [-0.25, -0.2) is 4.98 Å². The van der Waals surface area contributed by atoms with Gasteiger partial charge in [0.25, 0.3) is 6.47 Å². The molecular formula is C29H29N5O4. The van der Waals surface area contributed by atoms with Crippen LogP contribution in [0.15, 0.2) is 60.9 Å². The lowest BCUT2D eigenvalue weighted by Gasteiger charge is -2.33. The zero-order valence-corrected chi connectivity index (χ0v) is 21.2. The van der Waals surface area contributed by atoms with Crippen LogP contribution in [0.1, 0.15) is 25.3 Å². The van der Waals surface area contributed by atoms with Gasteiger partial charge in [-0.05, 0) is 56.1 Å². The molecule has 194 valence electrons. The molecule has 38 heavy (non-hydrogen) atoms. The number of carbonyl (C=O) groups excluding carboxylic acids is 1. The first kappa shape index (κ1) is 25.4. The Bertz CT molecular complexity index is 1460. The van der Waals surface area contributed by atoms with E-state index in [9.17, 15) is 15.2 Å². The second kappa shape index (κ2) is 11.4. The van der Waals surface area contributed by atoms with Gasteiger partial charge in [-0.2, -0.15) is 10.2 Å². The molecule has 0 amide bonds. The van der Waals surface area contributed by atoms with Crippen LogP contribution in [0.2, 0.25) is 0 Å². The molecule has 9 nitrogen and oxygen atoms in total. The molecule has 2 aromatic heterocycles. The standard InChI is InChI=1S/C29H29N5O4/c1-20(36)16-33-12-3-4-22(17-33)18-37-29-32-27(23-9-7-21(15-30)8-10-23)26(28-31-11-13-34(28)29)24-5-2-6-25(14-24)38-19-35/h2,5-11,13-14,19-20,22,36H,3-4,12,16-18H2,1H3/t20-,22-/m1/s1. The molecule has 3 heterocycles. The second-order valence-electron chi connectivity index (χ2n) is 9.60. The van der Waals surface area contributed by atoms with Gasteiger partial charge in [0.1, 0.15) is 5.75 Å². The highest BCUT2D eigenvalue weighted by Gasteiger charge is 2.24. The largest absolute Gasteiger partial charge is 0.464 e. The monoisotopic (exact) mass is 511 g/mol. The van der Waals surface area contributed by atoms with E-state index in [-0.39, 0.29) is 6.10 Å². The third kappa shape index (κ3) is 5.52. The van der Waals surface area contributed by atoms with Gasteiger partial charge in [-0.1, -0.05) is 24.3 Å². The molecule has 1 fully saturated rings. The van der Waals surface area contributed by atoms with Gasteiger partial charge in [0.05, 0.1) is 35.6 Å². The predicted molar refractivity (Wildman–Crippen MR) is 142 cm³/mol. The number of rotatable bonds is 9. The van der Waals surface area contributed by atoms with Crippen molar-refractivity contribution in [1.29, 1.82) is 5.26 Å². The van der Waals surface area contributed by atoms with E-state index >= 15 is 0 Å². The highest BCUT2D eigenvalue weighted by molar-refractivity contribution is 5.90. The molecule has 9 heteroatoms. The minimum Gasteiger partial charge on any atom is -0.464 e. The van der Waals surface area contributed by atoms with Gasteiger partial charge in [-0.3, -0.25) is 9.20 Å². The van der Waals surface area contributed by atoms with E-state index in [0.29, 0.717) is 54.2 Å². The fraction of sp³-hybridized carbons (Fsp3) is 0.310. The predicted octanol–water partition coefficient (Wildman–Crippen LogP) is 3.94. The lowest BCUT2D eigenvalue weighted by Crippen LogP contribution is -2.41. The highest BCUT2D eigenvalue weighted by Crippen LogP contribution is 2.37. The Balaban J connectivity index is 1.55. The Morgan fingerprint density at radius 2 is 2.08 bits per heavy atom. The van der Waals surface area contributed by atoms with Crippen molar-refractivity contribution in [3.8, 4) is 40.2 Å². The number of imidazole rings is 1. The highest BCUT2D eigenvalue weighted by atomic mass is 16.5. The maximum atomic E-state index is 11.0. The Morgan fingerprint density at radius 1 is 1.24 bits per heavy atom. The number of aromatic nitrogens is 3. The van der Waals surface area contributed by atoms with Crippen molar-refractivity contribution in [1.82, 2.24) is 19.3 Å². The summed E-state index contributed by atoms with van der Waals surface area (Å²) < 4.78 is 13.2. The lowest BCUT2D eigenvalue weighted by atomic mass is 9.98. The van der Waals surface area contributed by atoms with E-state index in [1.807, 2.05) is 41.8 Å². The van der Waals surface area contributed by atoms with E-state index in [1.54, 1.807) is 30.5 Å². The van der Waals surface area contributed by atoms with Gasteiger partial charge in [0.15, 0.2) is 5.65 Å². The first-order valence-corrected chi connectivity index (χ1v) is 12.7. The molecule has 0 unspecified atom stereocenters. The molecular weight excluding hydrogens is 482 g/mol. The molecule has 0 radical (unpaired) electrons. The van der Waals surface area contributed by atoms with Crippen molar-refractivity contribution in [2.75, 3.05) is 26.2 Å². The van der Waals surface area contributed by atoms with Crippen LogP contribution in [-0.2, 0) is 4.79 Å². The third-order valence-electron chi connectivity index (χ3n) is 6.68. The molecule has 0 spiro atoms. The molecule has 0 saturated carbocycles. The molecule has 2 aromatic carbocycles. The molecule has 1 aliphatic heterocycles. The molecule has 1 N–H and O–H groups in total. The third-order valence-corrected chi connectivity index (χ3v) is 6.68. The summed E-state index contributed by atoms with van der Waals surface area (Å²) in [7, 11) is 0. The van der Waals surface area contributed by atoms with Crippen molar-refractivity contribution in [3.05, 3.63) is 66.5 Å². The Morgan fingerprint density at radius 3 is 2.84 bits per heavy atom. The number of aliphatic hydroxyl groups is 1. The van der Waals surface area contributed by atoms with Gasteiger partial charge in [-0.15, -0.1) is 0 Å². The lowest BCUT2D eigenvalue weighted by molar-refractivity contribution is -0.120. The number of β-amino-alcohol motifs (C(OH)–C–C–N with tert-alkyl or cyclic N) is 1. The number of nitrogens with zero attached hydrogens (tertiary/aromatic N) is 5. The van der Waals surface area contributed by atoms with Crippen LogP contribution in [0.5, 0.6) is 11.8 Å². The number of hydrogen-bond acceptors (Lipinski definition) is 8. The van der Waals surface area contributed by atoms with Crippen molar-refractivity contribution in [3.63, 3.8) is 0 Å². The molecule has 0 aliphatic carbocycles. The Kier molecular flexibility index (Phi) is 7.63. The number of nitriles is 1. The Labute approximate surface area is 220 Å². The minimum atomic E-state index is -0.361. The topological polar surface area (TPSA) is 113 Å². The zero-order valence-electron chi connectivity index (χ0n) is 21.2. The number of fused-ring (bicyclic) bond motifs is 1. The van der Waals surface area contributed by atoms with Crippen molar-refractivity contribution in [2.45, 2.75) is 25.9 Å². The van der Waals surface area contributed by atoms with E-state index in [0.717, 1.165) is 42.6 Å². The van der Waals surface area contributed by atoms with Gasteiger partial charge in [0.2, 0.25) is 0 Å². The van der Waals surface area contributed by atoms with Crippen LogP contribution in [0.3, 0.4) is 0 Å². The van der Waals surface area contributed by atoms with Crippen molar-refractivity contribution >= 4 is 12.1 Å². The van der Waals surface area contributed by atoms with Crippen molar-refractivity contribution < 1.29 is 19.4 Å². The SMILES string of the molecule is C[C@@H](O)CN1CCC[C@@H](COc2nc(-c3ccc(C#N)cc3)c(-c3cccc(OC=O)c3)c3nccn23)C1. The molecule has 5 rings (SSSR count). The van der Waals surface area contributed by atoms with Crippen LogP contribution in [0, 0.1) is 17.2 Å². The maximum Gasteiger partial charge on any atom is 0.302 e. The van der Waals surface area contributed by atoms with E-state index in [4.69, 9.17) is 14.5 Å². The first-order valence-electron chi connectivity index (χ1n) is 12.7. The van der Waals surface area contributed by atoms with Crippen molar-refractivity contribution in [2.24, 2.45) is 5.92 Å². The fourth-order valence-corrected chi connectivity index (χ4v) is 5.03. The minimum absolute atomic E-state index is 0.318.